The van der Waals surface area contributed by atoms with Crippen LogP contribution in [0.2, 0.25) is 0 Å². The summed E-state index contributed by atoms with van der Waals surface area (Å²) >= 11 is 0. The maximum Gasteiger partial charge on any atom is 0.000898 e. The van der Waals surface area contributed by atoms with Gasteiger partial charge in [-0.1, -0.05) is 56.3 Å². The molecular weight excluding hydrogens is 158 g/mol. The fourth-order valence-electron chi connectivity index (χ4n) is 0.954. The Morgan fingerprint density at radius 2 is 1.85 bits per heavy atom. The lowest BCUT2D eigenvalue weighted by Gasteiger charge is -2.16. The summed E-state index contributed by atoms with van der Waals surface area (Å²) in [5.41, 5.74) is 6.94. The molecule has 0 amide bonds. The van der Waals surface area contributed by atoms with Gasteiger partial charge in [0.2, 0.25) is 0 Å². The quantitative estimate of drug-likeness (QED) is 0.751. The lowest BCUT2D eigenvalue weighted by Crippen LogP contribution is -2.20. The van der Waals surface area contributed by atoms with E-state index in [0.717, 1.165) is 0 Å². The van der Waals surface area contributed by atoms with Crippen molar-refractivity contribution in [1.29, 1.82) is 0 Å². The molecule has 13 heavy (non-hydrogen) atoms. The van der Waals surface area contributed by atoms with E-state index in [2.05, 4.69) is 38.1 Å². The number of rotatable bonds is 3. The molecule has 0 spiro atoms. The first-order valence-electron chi connectivity index (χ1n) is 4.58. The summed E-state index contributed by atoms with van der Waals surface area (Å²) in [7, 11) is 0. The third-order valence-electron chi connectivity index (χ3n) is 2.05. The molecule has 1 aromatic carbocycles. The maximum atomic E-state index is 5.62. The molecule has 0 saturated heterocycles. The second-order valence-electron chi connectivity index (χ2n) is 3.94. The normalized spacial score (nSPS) is 12.2. The van der Waals surface area contributed by atoms with Crippen LogP contribution in [0.15, 0.2) is 36.4 Å². The van der Waals surface area contributed by atoms with Crippen molar-refractivity contribution >= 4 is 6.08 Å². The Kier molecular flexibility index (Phi) is 3.26. The summed E-state index contributed by atoms with van der Waals surface area (Å²) in [5, 5.41) is 0. The molecule has 0 aromatic heterocycles. The molecule has 1 nitrogen and oxygen atoms in total. The van der Waals surface area contributed by atoms with Crippen LogP contribution in [0.4, 0.5) is 0 Å². The minimum Gasteiger partial charge on any atom is -0.330 e. The molecule has 0 aliphatic heterocycles. The zero-order valence-electron chi connectivity index (χ0n) is 8.33. The first-order valence-corrected chi connectivity index (χ1v) is 4.58. The lowest BCUT2D eigenvalue weighted by molar-refractivity contribution is 0.498. The number of hydrogen-bond donors (Lipinski definition) is 1. The van der Waals surface area contributed by atoms with E-state index < -0.39 is 0 Å². The smallest absolute Gasteiger partial charge is 0.000898 e. The molecule has 0 aliphatic carbocycles. The molecule has 0 saturated carbocycles. The summed E-state index contributed by atoms with van der Waals surface area (Å²) in [6.07, 6.45) is 4.27. The second kappa shape index (κ2) is 4.24. The van der Waals surface area contributed by atoms with Crippen molar-refractivity contribution in [1.82, 2.24) is 0 Å². The lowest BCUT2D eigenvalue weighted by atomic mass is 9.92. The van der Waals surface area contributed by atoms with E-state index in [1.54, 1.807) is 0 Å². The summed E-state index contributed by atoms with van der Waals surface area (Å²) < 4.78 is 0. The highest BCUT2D eigenvalue weighted by Gasteiger charge is 2.09. The SMILES string of the molecule is CC(C)(/C=C/c1ccccc1)CN. The van der Waals surface area contributed by atoms with Gasteiger partial charge in [0.15, 0.2) is 0 Å². The fourth-order valence-corrected chi connectivity index (χ4v) is 0.954. The molecular formula is C12H17N. The molecule has 0 radical (unpaired) electrons. The van der Waals surface area contributed by atoms with Crippen LogP contribution in [0.3, 0.4) is 0 Å². The predicted octanol–water partition coefficient (Wildman–Crippen LogP) is 2.68. The number of benzene rings is 1. The molecule has 1 heteroatoms. The van der Waals surface area contributed by atoms with E-state index in [4.69, 9.17) is 5.73 Å². The van der Waals surface area contributed by atoms with Gasteiger partial charge in [-0.15, -0.1) is 0 Å². The van der Waals surface area contributed by atoms with E-state index >= 15 is 0 Å². The van der Waals surface area contributed by atoms with Gasteiger partial charge < -0.3 is 5.73 Å². The molecule has 70 valence electrons. The number of hydrogen-bond acceptors (Lipinski definition) is 1. The van der Waals surface area contributed by atoms with Crippen LogP contribution < -0.4 is 5.73 Å². The average Bonchev–Trinajstić information content (AvgIpc) is 2.17. The zero-order valence-corrected chi connectivity index (χ0v) is 8.33. The molecule has 0 aliphatic rings. The molecule has 0 fully saturated rings. The van der Waals surface area contributed by atoms with Crippen molar-refractivity contribution < 1.29 is 0 Å². The summed E-state index contributed by atoms with van der Waals surface area (Å²) in [6.45, 7) is 4.94. The fraction of sp³-hybridized carbons (Fsp3) is 0.333. The van der Waals surface area contributed by atoms with Gasteiger partial charge in [-0.3, -0.25) is 0 Å². The Morgan fingerprint density at radius 3 is 2.38 bits per heavy atom. The van der Waals surface area contributed by atoms with Crippen LogP contribution in [0.1, 0.15) is 19.4 Å². The van der Waals surface area contributed by atoms with Gasteiger partial charge >= 0.3 is 0 Å². The van der Waals surface area contributed by atoms with Crippen molar-refractivity contribution in [2.75, 3.05) is 6.54 Å². The van der Waals surface area contributed by atoms with Crippen LogP contribution in [0.5, 0.6) is 0 Å². The number of nitrogens with two attached hydrogens (primary N) is 1. The van der Waals surface area contributed by atoms with Crippen LogP contribution in [-0.2, 0) is 0 Å². The predicted molar refractivity (Wildman–Crippen MR) is 58.3 cm³/mol. The highest BCUT2D eigenvalue weighted by molar-refractivity contribution is 5.49. The van der Waals surface area contributed by atoms with Gasteiger partial charge in [-0.2, -0.15) is 0 Å². The minimum absolute atomic E-state index is 0.0931. The Hall–Kier alpha value is -1.08. The van der Waals surface area contributed by atoms with Gasteiger partial charge in [-0.05, 0) is 11.0 Å². The van der Waals surface area contributed by atoms with Crippen LogP contribution in [0, 0.1) is 5.41 Å². The van der Waals surface area contributed by atoms with Crippen LogP contribution in [-0.4, -0.2) is 6.54 Å². The third-order valence-corrected chi connectivity index (χ3v) is 2.05. The van der Waals surface area contributed by atoms with E-state index in [0.29, 0.717) is 6.54 Å². The highest BCUT2D eigenvalue weighted by Crippen LogP contribution is 2.16. The van der Waals surface area contributed by atoms with Crippen molar-refractivity contribution in [2.45, 2.75) is 13.8 Å². The monoisotopic (exact) mass is 175 g/mol. The van der Waals surface area contributed by atoms with Gasteiger partial charge in [-0.25, -0.2) is 0 Å². The molecule has 2 N–H and O–H groups in total. The van der Waals surface area contributed by atoms with Crippen LogP contribution in [0.25, 0.3) is 6.08 Å². The zero-order chi connectivity index (χ0) is 9.73. The van der Waals surface area contributed by atoms with Crippen molar-refractivity contribution in [3.05, 3.63) is 42.0 Å². The molecule has 1 rings (SSSR count). The minimum atomic E-state index is 0.0931. The van der Waals surface area contributed by atoms with Crippen molar-refractivity contribution in [2.24, 2.45) is 11.1 Å². The van der Waals surface area contributed by atoms with Crippen molar-refractivity contribution in [3.63, 3.8) is 0 Å². The Balaban J connectivity index is 2.69. The largest absolute Gasteiger partial charge is 0.330 e. The molecule has 0 unspecified atom stereocenters. The molecule has 0 bridgehead atoms. The first-order chi connectivity index (χ1) is 6.14. The van der Waals surface area contributed by atoms with Gasteiger partial charge in [0, 0.05) is 6.54 Å². The molecule has 0 atom stereocenters. The summed E-state index contributed by atoms with van der Waals surface area (Å²) in [6, 6.07) is 10.3. The van der Waals surface area contributed by atoms with Gasteiger partial charge in [0.05, 0.1) is 0 Å². The molecule has 0 heterocycles. The third kappa shape index (κ3) is 3.43. The standard InChI is InChI=1S/C12H17N/c1-12(2,10-13)9-8-11-6-4-3-5-7-11/h3-9H,10,13H2,1-2H3/b9-8+. The summed E-state index contributed by atoms with van der Waals surface area (Å²) in [4.78, 5) is 0. The van der Waals surface area contributed by atoms with E-state index in [1.165, 1.54) is 5.56 Å². The van der Waals surface area contributed by atoms with Crippen LogP contribution >= 0.6 is 0 Å². The molecule has 1 aromatic rings. The Bertz CT molecular complexity index is 272. The second-order valence-corrected chi connectivity index (χ2v) is 3.94. The van der Waals surface area contributed by atoms with Gasteiger partial charge in [0.25, 0.3) is 0 Å². The average molecular weight is 175 g/mol. The van der Waals surface area contributed by atoms with Gasteiger partial charge in [0.1, 0.15) is 0 Å². The first kappa shape index (κ1) is 10.0. The van der Waals surface area contributed by atoms with Crippen molar-refractivity contribution in [3.8, 4) is 0 Å². The van der Waals surface area contributed by atoms with E-state index in [-0.39, 0.29) is 5.41 Å². The van der Waals surface area contributed by atoms with E-state index in [1.807, 2.05) is 18.2 Å². The Labute approximate surface area is 80.3 Å². The van der Waals surface area contributed by atoms with E-state index in [9.17, 15) is 0 Å². The summed E-state index contributed by atoms with van der Waals surface area (Å²) in [5.74, 6) is 0. The Morgan fingerprint density at radius 1 is 1.23 bits per heavy atom. The highest BCUT2D eigenvalue weighted by atomic mass is 14.6. The topological polar surface area (TPSA) is 26.0 Å². The maximum absolute atomic E-state index is 5.62.